The number of thioether (sulfide) groups is 1. The Hall–Kier alpha value is -1.23. The summed E-state index contributed by atoms with van der Waals surface area (Å²) in [5.74, 6) is 1.77. The molecule has 4 nitrogen and oxygen atoms in total. The SMILES string of the molecule is CSCCCCCn1cnc2c(N)nccc21. The maximum absolute atomic E-state index is 5.77. The first-order valence-electron chi connectivity index (χ1n) is 5.87. The molecule has 2 rings (SSSR count). The molecule has 2 aromatic rings. The Balaban J connectivity index is 1.97. The van der Waals surface area contributed by atoms with Crippen LogP contribution in [-0.4, -0.2) is 26.5 Å². The van der Waals surface area contributed by atoms with Gasteiger partial charge in [-0.25, -0.2) is 9.97 Å². The number of anilines is 1. The fraction of sp³-hybridized carbons (Fsp3) is 0.500. The summed E-state index contributed by atoms with van der Waals surface area (Å²) < 4.78 is 2.16. The van der Waals surface area contributed by atoms with Gasteiger partial charge in [-0.1, -0.05) is 6.42 Å². The van der Waals surface area contributed by atoms with Crippen molar-refractivity contribution in [2.75, 3.05) is 17.7 Å². The number of aryl methyl sites for hydroxylation is 1. The third kappa shape index (κ3) is 2.91. The number of hydrogen-bond acceptors (Lipinski definition) is 4. The molecule has 92 valence electrons. The molecule has 0 unspecified atom stereocenters. The summed E-state index contributed by atoms with van der Waals surface area (Å²) in [7, 11) is 0. The highest BCUT2D eigenvalue weighted by Gasteiger charge is 2.05. The lowest BCUT2D eigenvalue weighted by atomic mass is 10.2. The van der Waals surface area contributed by atoms with Crippen molar-refractivity contribution in [3.63, 3.8) is 0 Å². The number of nitrogens with two attached hydrogens (primary N) is 1. The predicted octanol–water partition coefficient (Wildman–Crippen LogP) is 2.55. The summed E-state index contributed by atoms with van der Waals surface area (Å²) in [5.41, 5.74) is 7.68. The van der Waals surface area contributed by atoms with E-state index in [4.69, 9.17) is 5.73 Å². The molecule has 0 fully saturated rings. The lowest BCUT2D eigenvalue weighted by Crippen LogP contribution is -1.97. The number of nitrogen functional groups attached to an aromatic ring is 1. The maximum Gasteiger partial charge on any atom is 0.151 e. The molecule has 0 aliphatic heterocycles. The van der Waals surface area contributed by atoms with E-state index in [-0.39, 0.29) is 0 Å². The molecular formula is C12H18N4S. The van der Waals surface area contributed by atoms with Crippen LogP contribution in [0.3, 0.4) is 0 Å². The number of unbranched alkanes of at least 4 members (excludes halogenated alkanes) is 2. The van der Waals surface area contributed by atoms with Crippen LogP contribution in [0.2, 0.25) is 0 Å². The van der Waals surface area contributed by atoms with E-state index < -0.39 is 0 Å². The minimum Gasteiger partial charge on any atom is -0.382 e. The molecule has 0 aliphatic carbocycles. The first-order valence-corrected chi connectivity index (χ1v) is 7.26. The van der Waals surface area contributed by atoms with Crippen LogP contribution < -0.4 is 5.73 Å². The predicted molar refractivity (Wildman–Crippen MR) is 74.2 cm³/mol. The van der Waals surface area contributed by atoms with Crippen molar-refractivity contribution in [3.8, 4) is 0 Å². The zero-order chi connectivity index (χ0) is 12.1. The van der Waals surface area contributed by atoms with Gasteiger partial charge < -0.3 is 10.3 Å². The summed E-state index contributed by atoms with van der Waals surface area (Å²) >= 11 is 1.91. The van der Waals surface area contributed by atoms with Gasteiger partial charge in [-0.15, -0.1) is 0 Å². The highest BCUT2D eigenvalue weighted by Crippen LogP contribution is 2.17. The van der Waals surface area contributed by atoms with Gasteiger partial charge in [0.1, 0.15) is 5.52 Å². The highest BCUT2D eigenvalue weighted by atomic mass is 32.2. The molecule has 0 aromatic carbocycles. The molecule has 2 aromatic heterocycles. The number of fused-ring (bicyclic) bond motifs is 1. The van der Waals surface area contributed by atoms with Crippen molar-refractivity contribution in [2.24, 2.45) is 0 Å². The lowest BCUT2D eigenvalue weighted by Gasteiger charge is -2.04. The van der Waals surface area contributed by atoms with Crippen LogP contribution in [0, 0.1) is 0 Å². The number of imidazole rings is 1. The molecule has 0 amide bonds. The molecule has 0 aliphatic rings. The fourth-order valence-corrected chi connectivity index (χ4v) is 2.39. The fourth-order valence-electron chi connectivity index (χ4n) is 1.90. The van der Waals surface area contributed by atoms with Crippen LogP contribution >= 0.6 is 11.8 Å². The Morgan fingerprint density at radius 2 is 2.18 bits per heavy atom. The van der Waals surface area contributed by atoms with Gasteiger partial charge in [0.25, 0.3) is 0 Å². The Kier molecular flexibility index (Phi) is 4.25. The van der Waals surface area contributed by atoms with Crippen molar-refractivity contribution >= 4 is 28.6 Å². The Morgan fingerprint density at radius 3 is 3.00 bits per heavy atom. The second kappa shape index (κ2) is 5.91. The minimum atomic E-state index is 0.517. The smallest absolute Gasteiger partial charge is 0.151 e. The van der Waals surface area contributed by atoms with E-state index in [1.54, 1.807) is 6.20 Å². The molecule has 0 bridgehead atoms. The molecule has 17 heavy (non-hydrogen) atoms. The third-order valence-electron chi connectivity index (χ3n) is 2.81. The van der Waals surface area contributed by atoms with Crippen molar-refractivity contribution in [3.05, 3.63) is 18.6 Å². The number of rotatable bonds is 6. The zero-order valence-corrected chi connectivity index (χ0v) is 10.9. The van der Waals surface area contributed by atoms with Gasteiger partial charge in [-0.2, -0.15) is 11.8 Å². The quantitative estimate of drug-likeness (QED) is 0.800. The van der Waals surface area contributed by atoms with Crippen molar-refractivity contribution in [1.29, 1.82) is 0 Å². The van der Waals surface area contributed by atoms with E-state index in [0.29, 0.717) is 5.82 Å². The van der Waals surface area contributed by atoms with Crippen LogP contribution in [0.5, 0.6) is 0 Å². The van der Waals surface area contributed by atoms with Gasteiger partial charge in [-0.05, 0) is 30.9 Å². The molecule has 0 atom stereocenters. The van der Waals surface area contributed by atoms with Crippen molar-refractivity contribution in [1.82, 2.24) is 14.5 Å². The third-order valence-corrected chi connectivity index (χ3v) is 3.51. The van der Waals surface area contributed by atoms with Crippen LogP contribution in [0.4, 0.5) is 5.82 Å². The number of pyridine rings is 1. The average Bonchev–Trinajstić information content (AvgIpc) is 2.74. The number of nitrogens with zero attached hydrogens (tertiary/aromatic N) is 3. The van der Waals surface area contributed by atoms with Gasteiger partial charge >= 0.3 is 0 Å². The van der Waals surface area contributed by atoms with Crippen LogP contribution in [0.25, 0.3) is 11.0 Å². The summed E-state index contributed by atoms with van der Waals surface area (Å²) in [6, 6.07) is 1.97. The van der Waals surface area contributed by atoms with Crippen LogP contribution in [0.15, 0.2) is 18.6 Å². The highest BCUT2D eigenvalue weighted by molar-refractivity contribution is 7.98. The molecule has 5 heteroatoms. The summed E-state index contributed by atoms with van der Waals surface area (Å²) in [4.78, 5) is 8.35. The second-order valence-corrected chi connectivity index (χ2v) is 5.04. The first kappa shape index (κ1) is 12.2. The first-order chi connectivity index (χ1) is 8.33. The topological polar surface area (TPSA) is 56.7 Å². The van der Waals surface area contributed by atoms with Crippen LogP contribution in [-0.2, 0) is 6.54 Å². The monoisotopic (exact) mass is 250 g/mol. The van der Waals surface area contributed by atoms with E-state index >= 15 is 0 Å². The number of aromatic nitrogens is 3. The standard InChI is InChI=1S/C12H18N4S/c1-17-8-4-2-3-7-16-9-15-11-10(16)5-6-14-12(11)13/h5-6,9H,2-4,7-8H2,1H3,(H2,13,14). The van der Waals surface area contributed by atoms with Crippen molar-refractivity contribution < 1.29 is 0 Å². The molecule has 2 N–H and O–H groups in total. The summed E-state index contributed by atoms with van der Waals surface area (Å²) in [5, 5.41) is 0. The second-order valence-electron chi connectivity index (χ2n) is 4.06. The van der Waals surface area contributed by atoms with E-state index in [2.05, 4.69) is 20.8 Å². The Bertz CT molecular complexity index is 480. The normalized spacial score (nSPS) is 11.1. The van der Waals surface area contributed by atoms with E-state index in [0.717, 1.165) is 17.6 Å². The molecular weight excluding hydrogens is 232 g/mol. The van der Waals surface area contributed by atoms with E-state index in [9.17, 15) is 0 Å². The molecule has 0 radical (unpaired) electrons. The van der Waals surface area contributed by atoms with E-state index in [1.165, 1.54) is 25.0 Å². The molecule has 0 saturated carbocycles. The minimum absolute atomic E-state index is 0.517. The molecule has 0 saturated heterocycles. The Morgan fingerprint density at radius 1 is 1.29 bits per heavy atom. The summed E-state index contributed by atoms with van der Waals surface area (Å²) in [6.45, 7) is 1.01. The maximum atomic E-state index is 5.77. The number of hydrogen-bond donors (Lipinski definition) is 1. The molecule has 0 spiro atoms. The van der Waals surface area contributed by atoms with Gasteiger partial charge in [0.05, 0.1) is 11.8 Å². The average molecular weight is 250 g/mol. The lowest BCUT2D eigenvalue weighted by molar-refractivity contribution is 0.615. The molecule has 2 heterocycles. The zero-order valence-electron chi connectivity index (χ0n) is 10.1. The van der Waals surface area contributed by atoms with Crippen LogP contribution in [0.1, 0.15) is 19.3 Å². The van der Waals surface area contributed by atoms with Gasteiger partial charge in [0.15, 0.2) is 5.82 Å². The van der Waals surface area contributed by atoms with E-state index in [1.807, 2.05) is 24.2 Å². The largest absolute Gasteiger partial charge is 0.382 e. The Labute approximate surface area is 106 Å². The van der Waals surface area contributed by atoms with Gasteiger partial charge in [0, 0.05) is 12.7 Å². The van der Waals surface area contributed by atoms with Gasteiger partial charge in [-0.3, -0.25) is 0 Å². The summed E-state index contributed by atoms with van der Waals surface area (Å²) in [6.07, 6.45) is 9.49. The van der Waals surface area contributed by atoms with Gasteiger partial charge in [0.2, 0.25) is 0 Å². The van der Waals surface area contributed by atoms with Crippen molar-refractivity contribution in [2.45, 2.75) is 25.8 Å².